The minimum atomic E-state index is -0.111. The summed E-state index contributed by atoms with van der Waals surface area (Å²) in [6.07, 6.45) is 2.41. The van der Waals surface area contributed by atoms with Crippen molar-refractivity contribution in [3.05, 3.63) is 63.5 Å². The fraction of sp³-hybridized carbons (Fsp3) is 0.143. The molecular weight excluding hydrogens is 272 g/mol. The van der Waals surface area contributed by atoms with Crippen LogP contribution in [0.2, 0.25) is 0 Å². The highest BCUT2D eigenvalue weighted by atomic mass is 32.1. The lowest BCUT2D eigenvalue weighted by atomic mass is 10.2. The lowest BCUT2D eigenvalue weighted by Crippen LogP contribution is -2.23. The first kappa shape index (κ1) is 12.7. The lowest BCUT2D eigenvalue weighted by molar-refractivity contribution is 0.576. The van der Waals surface area contributed by atoms with Crippen LogP contribution in [0, 0.1) is 0 Å². The van der Waals surface area contributed by atoms with Gasteiger partial charge in [0, 0.05) is 24.1 Å². The highest BCUT2D eigenvalue weighted by molar-refractivity contribution is 7.07. The molecule has 20 heavy (non-hydrogen) atoms. The van der Waals surface area contributed by atoms with E-state index in [4.69, 9.17) is 0 Å². The second kappa shape index (κ2) is 5.75. The van der Waals surface area contributed by atoms with Crippen molar-refractivity contribution >= 4 is 11.3 Å². The first-order valence-corrected chi connectivity index (χ1v) is 7.14. The van der Waals surface area contributed by atoms with Crippen molar-refractivity contribution in [3.8, 4) is 11.4 Å². The summed E-state index contributed by atoms with van der Waals surface area (Å²) in [4.78, 5) is 20.3. The first-order chi connectivity index (χ1) is 9.83. The summed E-state index contributed by atoms with van der Waals surface area (Å²) >= 11 is 1.55. The highest BCUT2D eigenvalue weighted by Gasteiger charge is 2.05. The zero-order chi connectivity index (χ0) is 13.8. The van der Waals surface area contributed by atoms with Gasteiger partial charge in [-0.2, -0.15) is 5.10 Å². The number of nitrogens with zero attached hydrogens (tertiary/aromatic N) is 4. The summed E-state index contributed by atoms with van der Waals surface area (Å²) in [7, 11) is 0. The number of aromatic nitrogens is 4. The largest absolute Gasteiger partial charge is 0.268 e. The smallest absolute Gasteiger partial charge is 0.266 e. The van der Waals surface area contributed by atoms with E-state index in [-0.39, 0.29) is 5.56 Å². The molecule has 0 fully saturated rings. The third kappa shape index (κ3) is 2.80. The normalized spacial score (nSPS) is 10.6. The van der Waals surface area contributed by atoms with Gasteiger partial charge < -0.3 is 0 Å². The van der Waals surface area contributed by atoms with Crippen molar-refractivity contribution in [2.24, 2.45) is 0 Å². The Kier molecular flexibility index (Phi) is 3.64. The molecule has 0 aromatic carbocycles. The minimum absolute atomic E-state index is 0.111. The Labute approximate surface area is 119 Å². The van der Waals surface area contributed by atoms with E-state index in [9.17, 15) is 4.79 Å². The Morgan fingerprint density at radius 2 is 2.05 bits per heavy atom. The van der Waals surface area contributed by atoms with Crippen molar-refractivity contribution in [3.63, 3.8) is 0 Å². The maximum Gasteiger partial charge on any atom is 0.266 e. The van der Waals surface area contributed by atoms with E-state index >= 15 is 0 Å². The molecule has 0 saturated carbocycles. The molecule has 0 radical (unpaired) electrons. The molecule has 3 aromatic rings. The average Bonchev–Trinajstić information content (AvgIpc) is 3.01. The minimum Gasteiger partial charge on any atom is -0.268 e. The molecule has 0 unspecified atom stereocenters. The van der Waals surface area contributed by atoms with Crippen LogP contribution in [0.1, 0.15) is 5.69 Å². The van der Waals surface area contributed by atoms with E-state index in [0.29, 0.717) is 18.7 Å². The Morgan fingerprint density at radius 1 is 1.10 bits per heavy atom. The molecule has 3 rings (SSSR count). The highest BCUT2D eigenvalue weighted by Crippen LogP contribution is 2.11. The number of rotatable bonds is 4. The summed E-state index contributed by atoms with van der Waals surface area (Å²) in [6.45, 7) is 0.517. The van der Waals surface area contributed by atoms with E-state index in [0.717, 1.165) is 11.4 Å². The molecule has 3 heterocycles. The molecule has 0 bridgehead atoms. The summed E-state index contributed by atoms with van der Waals surface area (Å²) in [6, 6.07) is 8.84. The quantitative estimate of drug-likeness (QED) is 0.735. The van der Waals surface area contributed by atoms with Gasteiger partial charge in [0.25, 0.3) is 5.56 Å². The molecule has 6 heteroatoms. The molecule has 0 aliphatic heterocycles. The summed E-state index contributed by atoms with van der Waals surface area (Å²) < 4.78 is 1.46. The molecule has 0 spiro atoms. The van der Waals surface area contributed by atoms with E-state index in [1.807, 2.05) is 23.6 Å². The van der Waals surface area contributed by atoms with Crippen LogP contribution in [0.4, 0.5) is 0 Å². The maximum atomic E-state index is 11.8. The third-order valence-electron chi connectivity index (χ3n) is 2.86. The van der Waals surface area contributed by atoms with Crippen molar-refractivity contribution < 1.29 is 0 Å². The first-order valence-electron chi connectivity index (χ1n) is 6.19. The number of thiazole rings is 1. The van der Waals surface area contributed by atoms with Gasteiger partial charge in [0.05, 0.1) is 23.4 Å². The summed E-state index contributed by atoms with van der Waals surface area (Å²) in [5.74, 6) is 0. The predicted molar refractivity (Wildman–Crippen MR) is 77.5 cm³/mol. The van der Waals surface area contributed by atoms with Gasteiger partial charge in [-0.1, -0.05) is 6.07 Å². The van der Waals surface area contributed by atoms with E-state index < -0.39 is 0 Å². The van der Waals surface area contributed by atoms with Crippen LogP contribution in [0.25, 0.3) is 11.4 Å². The number of aryl methyl sites for hydroxylation is 2. The summed E-state index contributed by atoms with van der Waals surface area (Å²) in [5.41, 5.74) is 4.11. The Balaban J connectivity index is 1.85. The molecular formula is C14H12N4OS. The fourth-order valence-electron chi connectivity index (χ4n) is 1.84. The van der Waals surface area contributed by atoms with Crippen LogP contribution in [0.3, 0.4) is 0 Å². The second-order valence-corrected chi connectivity index (χ2v) is 4.94. The SMILES string of the molecule is O=c1ccc(-c2ccccn2)nn1CCc1cscn1. The van der Waals surface area contributed by atoms with E-state index in [1.54, 1.807) is 29.1 Å². The average molecular weight is 284 g/mol. The number of pyridine rings is 1. The van der Waals surface area contributed by atoms with Gasteiger partial charge in [0.15, 0.2) is 0 Å². The lowest BCUT2D eigenvalue weighted by Gasteiger charge is -2.05. The van der Waals surface area contributed by atoms with Crippen molar-refractivity contribution in [2.75, 3.05) is 0 Å². The van der Waals surface area contributed by atoms with Crippen LogP contribution < -0.4 is 5.56 Å². The van der Waals surface area contributed by atoms with Crippen LogP contribution in [-0.4, -0.2) is 19.7 Å². The van der Waals surface area contributed by atoms with Crippen molar-refractivity contribution in [1.82, 2.24) is 19.7 Å². The third-order valence-corrected chi connectivity index (χ3v) is 3.49. The Morgan fingerprint density at radius 3 is 2.80 bits per heavy atom. The molecule has 0 aliphatic rings. The van der Waals surface area contributed by atoms with Gasteiger partial charge in [0.1, 0.15) is 5.69 Å². The Bertz CT molecular complexity index is 737. The van der Waals surface area contributed by atoms with Gasteiger partial charge >= 0.3 is 0 Å². The second-order valence-electron chi connectivity index (χ2n) is 4.22. The zero-order valence-corrected chi connectivity index (χ0v) is 11.5. The molecule has 100 valence electrons. The van der Waals surface area contributed by atoms with Crippen LogP contribution in [0.5, 0.6) is 0 Å². The predicted octanol–water partition coefficient (Wildman–Crippen LogP) is 2.00. The Hall–Kier alpha value is -2.34. The van der Waals surface area contributed by atoms with Gasteiger partial charge in [0.2, 0.25) is 0 Å². The van der Waals surface area contributed by atoms with E-state index in [1.165, 1.54) is 10.7 Å². The van der Waals surface area contributed by atoms with Gasteiger partial charge in [-0.25, -0.2) is 9.67 Å². The molecule has 0 amide bonds. The van der Waals surface area contributed by atoms with Crippen LogP contribution in [0.15, 0.2) is 52.2 Å². The fourth-order valence-corrected chi connectivity index (χ4v) is 2.43. The molecule has 0 saturated heterocycles. The van der Waals surface area contributed by atoms with Gasteiger partial charge in [-0.3, -0.25) is 9.78 Å². The molecule has 0 N–H and O–H groups in total. The molecule has 5 nitrogen and oxygen atoms in total. The van der Waals surface area contributed by atoms with Crippen LogP contribution in [-0.2, 0) is 13.0 Å². The number of hydrogen-bond donors (Lipinski definition) is 0. The van der Waals surface area contributed by atoms with Crippen molar-refractivity contribution in [1.29, 1.82) is 0 Å². The molecule has 0 atom stereocenters. The monoisotopic (exact) mass is 284 g/mol. The zero-order valence-electron chi connectivity index (χ0n) is 10.6. The number of hydrogen-bond acceptors (Lipinski definition) is 5. The maximum absolute atomic E-state index is 11.8. The van der Waals surface area contributed by atoms with Gasteiger partial charge in [-0.05, 0) is 18.2 Å². The summed E-state index contributed by atoms with van der Waals surface area (Å²) in [5, 5.41) is 6.34. The van der Waals surface area contributed by atoms with Crippen molar-refractivity contribution in [2.45, 2.75) is 13.0 Å². The van der Waals surface area contributed by atoms with Gasteiger partial charge in [-0.15, -0.1) is 11.3 Å². The molecule has 3 aromatic heterocycles. The van der Waals surface area contributed by atoms with Crippen LogP contribution >= 0.6 is 11.3 Å². The van der Waals surface area contributed by atoms with E-state index in [2.05, 4.69) is 15.1 Å². The molecule has 0 aliphatic carbocycles. The standard InChI is InChI=1S/C14H12N4OS/c19-14-5-4-13(12-3-1-2-7-15-12)17-18(14)8-6-11-9-20-10-16-11/h1-5,7,9-10H,6,8H2. The topological polar surface area (TPSA) is 60.7 Å².